The number of imide groups is 1. The van der Waals surface area contributed by atoms with Crippen LogP contribution in [0, 0.1) is 6.92 Å². The summed E-state index contributed by atoms with van der Waals surface area (Å²) in [4.78, 5) is 54.4. The average molecular weight is 536 g/mol. The number of carbonyl (C=O) groups is 4. The van der Waals surface area contributed by atoms with Gasteiger partial charge in [-0.3, -0.25) is 24.1 Å². The van der Waals surface area contributed by atoms with Crippen LogP contribution in [0.15, 0.2) is 60.7 Å². The highest BCUT2D eigenvalue weighted by atomic mass is 35.5. The summed E-state index contributed by atoms with van der Waals surface area (Å²) in [6.45, 7) is 3.88. The van der Waals surface area contributed by atoms with Crippen LogP contribution in [-0.2, 0) is 6.54 Å². The Morgan fingerprint density at radius 1 is 1.03 bits per heavy atom. The maximum Gasteiger partial charge on any atom is 0.261 e. The van der Waals surface area contributed by atoms with Crippen LogP contribution in [0.3, 0.4) is 0 Å². The second kappa shape index (κ2) is 10.8. The summed E-state index contributed by atoms with van der Waals surface area (Å²) in [7, 11) is 0. The summed E-state index contributed by atoms with van der Waals surface area (Å²) < 4.78 is 0. The van der Waals surface area contributed by atoms with Gasteiger partial charge in [0.2, 0.25) is 5.91 Å². The normalized spacial score (nSPS) is 13.5. The van der Waals surface area contributed by atoms with E-state index in [-0.39, 0.29) is 40.6 Å². The molecule has 9 heteroatoms. The van der Waals surface area contributed by atoms with E-state index < -0.39 is 11.8 Å². The van der Waals surface area contributed by atoms with Crippen LogP contribution in [0.1, 0.15) is 59.5 Å². The first kappa shape index (κ1) is 26.4. The van der Waals surface area contributed by atoms with Crippen LogP contribution >= 0.6 is 23.4 Å². The lowest BCUT2D eigenvalue weighted by Crippen LogP contribution is -2.41. The van der Waals surface area contributed by atoms with E-state index in [1.165, 1.54) is 11.0 Å². The van der Waals surface area contributed by atoms with Gasteiger partial charge in [0.25, 0.3) is 17.7 Å². The minimum atomic E-state index is -0.740. The first-order valence-electron chi connectivity index (χ1n) is 11.6. The molecule has 1 heterocycles. The largest absolute Gasteiger partial charge is 0.366 e. The predicted octanol–water partition coefficient (Wildman–Crippen LogP) is 4.94. The van der Waals surface area contributed by atoms with Crippen LogP contribution in [0.4, 0.5) is 5.69 Å². The standard InChI is InChI=1S/C28H26ClN3O4S/c1-16-13-18(14-31-26(34)19-7-4-5-8-20(19)27(31)35)11-12-23(16)32(17(2)15-37-3)28(36)24-21(25(30)33)9-6-10-22(24)29/h4-13,17H,14-15H2,1-3H3,(H2,30,33)/t17-/m0/s1. The third-order valence-electron chi connectivity index (χ3n) is 6.30. The highest BCUT2D eigenvalue weighted by molar-refractivity contribution is 7.98. The van der Waals surface area contributed by atoms with Crippen molar-refractivity contribution in [3.8, 4) is 0 Å². The molecule has 0 saturated heterocycles. The van der Waals surface area contributed by atoms with E-state index in [9.17, 15) is 19.2 Å². The molecule has 0 radical (unpaired) electrons. The van der Waals surface area contributed by atoms with E-state index >= 15 is 0 Å². The van der Waals surface area contributed by atoms with Gasteiger partial charge in [-0.2, -0.15) is 11.8 Å². The van der Waals surface area contributed by atoms with E-state index in [4.69, 9.17) is 17.3 Å². The summed E-state index contributed by atoms with van der Waals surface area (Å²) in [6, 6.07) is 16.6. The monoisotopic (exact) mass is 535 g/mol. The summed E-state index contributed by atoms with van der Waals surface area (Å²) in [5.74, 6) is -1.19. The second-order valence-corrected chi connectivity index (χ2v) is 10.2. The van der Waals surface area contributed by atoms with E-state index in [2.05, 4.69) is 0 Å². The number of thioether (sulfide) groups is 1. The second-order valence-electron chi connectivity index (χ2n) is 8.87. The molecule has 2 N–H and O–H groups in total. The van der Waals surface area contributed by atoms with Crippen molar-refractivity contribution in [2.45, 2.75) is 26.4 Å². The third-order valence-corrected chi connectivity index (χ3v) is 7.43. The number of rotatable bonds is 8. The van der Waals surface area contributed by atoms with Crippen LogP contribution in [0.5, 0.6) is 0 Å². The van der Waals surface area contributed by atoms with Crippen LogP contribution in [0.25, 0.3) is 0 Å². The SMILES string of the molecule is CSC[C@H](C)N(C(=O)c1c(Cl)cccc1C(N)=O)c1ccc(CN2C(=O)c3ccccc3C2=O)cc1C. The number of anilines is 1. The maximum atomic E-state index is 13.9. The van der Waals surface area contributed by atoms with Gasteiger partial charge in [-0.15, -0.1) is 0 Å². The minimum Gasteiger partial charge on any atom is -0.366 e. The number of amides is 4. The van der Waals surface area contributed by atoms with Crippen molar-refractivity contribution < 1.29 is 19.2 Å². The Morgan fingerprint density at radius 2 is 1.68 bits per heavy atom. The fourth-order valence-corrected chi connectivity index (χ4v) is 5.47. The molecule has 0 aliphatic carbocycles. The number of halogens is 1. The van der Waals surface area contributed by atoms with E-state index in [0.717, 1.165) is 11.1 Å². The molecule has 0 unspecified atom stereocenters. The molecular weight excluding hydrogens is 510 g/mol. The molecule has 0 spiro atoms. The number of hydrogen-bond donors (Lipinski definition) is 1. The molecule has 7 nitrogen and oxygen atoms in total. The molecule has 37 heavy (non-hydrogen) atoms. The van der Waals surface area contributed by atoms with Crippen LogP contribution in [-0.4, -0.2) is 46.6 Å². The number of benzene rings is 3. The van der Waals surface area contributed by atoms with E-state index in [1.807, 2.05) is 26.2 Å². The van der Waals surface area contributed by atoms with Crippen LogP contribution < -0.4 is 10.6 Å². The highest BCUT2D eigenvalue weighted by Gasteiger charge is 2.35. The van der Waals surface area contributed by atoms with Gasteiger partial charge >= 0.3 is 0 Å². The zero-order chi connectivity index (χ0) is 26.9. The Kier molecular flexibility index (Phi) is 7.71. The molecule has 190 valence electrons. The molecule has 0 aromatic heterocycles. The van der Waals surface area contributed by atoms with Gasteiger partial charge in [0.05, 0.1) is 33.8 Å². The molecule has 1 aliphatic rings. The Hall–Kier alpha value is -3.62. The number of fused-ring (bicyclic) bond motifs is 1. The predicted molar refractivity (Wildman–Crippen MR) is 146 cm³/mol. The van der Waals surface area contributed by atoms with Crippen molar-refractivity contribution >= 4 is 52.7 Å². The highest BCUT2D eigenvalue weighted by Crippen LogP contribution is 2.31. The molecule has 3 aromatic rings. The van der Waals surface area contributed by atoms with Crippen molar-refractivity contribution in [1.29, 1.82) is 0 Å². The first-order chi connectivity index (χ1) is 17.6. The van der Waals surface area contributed by atoms with Gasteiger partial charge in [-0.1, -0.05) is 41.9 Å². The maximum absolute atomic E-state index is 13.9. The molecule has 0 saturated carbocycles. The first-order valence-corrected chi connectivity index (χ1v) is 13.4. The lowest BCUT2D eigenvalue weighted by atomic mass is 10.0. The Labute approximate surface area is 224 Å². The molecule has 3 aromatic carbocycles. The van der Waals surface area contributed by atoms with Gasteiger partial charge in [0.15, 0.2) is 0 Å². The Morgan fingerprint density at radius 3 is 2.24 bits per heavy atom. The zero-order valence-corrected chi connectivity index (χ0v) is 22.2. The van der Waals surface area contributed by atoms with Gasteiger partial charge in [-0.25, -0.2) is 0 Å². The smallest absolute Gasteiger partial charge is 0.261 e. The van der Waals surface area contributed by atoms with Crippen molar-refractivity contribution in [3.05, 3.63) is 99.1 Å². The minimum absolute atomic E-state index is 0.0544. The Balaban J connectivity index is 1.69. The fraction of sp³-hybridized carbons (Fsp3) is 0.214. The Bertz CT molecular complexity index is 1390. The number of hydrogen-bond acceptors (Lipinski definition) is 5. The molecule has 0 fully saturated rings. The van der Waals surface area contributed by atoms with Crippen molar-refractivity contribution in [3.63, 3.8) is 0 Å². The number of primary amides is 1. The van der Waals surface area contributed by atoms with Crippen molar-refractivity contribution in [2.75, 3.05) is 16.9 Å². The van der Waals surface area contributed by atoms with Gasteiger partial charge < -0.3 is 10.6 Å². The van der Waals surface area contributed by atoms with Crippen LogP contribution in [0.2, 0.25) is 5.02 Å². The quantitative estimate of drug-likeness (QED) is 0.412. The number of nitrogens with zero attached hydrogens (tertiary/aromatic N) is 2. The lowest BCUT2D eigenvalue weighted by Gasteiger charge is -2.31. The molecule has 0 bridgehead atoms. The fourth-order valence-electron chi connectivity index (χ4n) is 4.58. The van der Waals surface area contributed by atoms with Crippen molar-refractivity contribution in [2.24, 2.45) is 5.73 Å². The summed E-state index contributed by atoms with van der Waals surface area (Å²) in [6.07, 6.45) is 1.95. The molecular formula is C28H26ClN3O4S. The third kappa shape index (κ3) is 4.99. The molecule has 4 amide bonds. The van der Waals surface area contributed by atoms with E-state index in [1.54, 1.807) is 65.2 Å². The number of aryl methyl sites for hydroxylation is 1. The van der Waals surface area contributed by atoms with Gasteiger partial charge in [-0.05, 0) is 61.6 Å². The molecule has 4 rings (SSSR count). The van der Waals surface area contributed by atoms with Gasteiger partial charge in [0.1, 0.15) is 0 Å². The lowest BCUT2D eigenvalue weighted by molar-refractivity contribution is 0.0641. The summed E-state index contributed by atoms with van der Waals surface area (Å²) in [5.41, 5.74) is 8.59. The zero-order valence-electron chi connectivity index (χ0n) is 20.7. The van der Waals surface area contributed by atoms with Crippen molar-refractivity contribution in [1.82, 2.24) is 4.90 Å². The molecule has 1 atom stereocenters. The van der Waals surface area contributed by atoms with E-state index in [0.29, 0.717) is 22.6 Å². The van der Waals surface area contributed by atoms with Gasteiger partial charge in [0, 0.05) is 17.5 Å². The number of carbonyl (C=O) groups excluding carboxylic acids is 4. The number of nitrogens with two attached hydrogens (primary N) is 1. The topological polar surface area (TPSA) is 101 Å². The summed E-state index contributed by atoms with van der Waals surface area (Å²) in [5, 5.41) is 0.141. The average Bonchev–Trinajstić information content (AvgIpc) is 3.10. The molecule has 1 aliphatic heterocycles. The summed E-state index contributed by atoms with van der Waals surface area (Å²) >= 11 is 7.96.